The molecule has 2 aromatic carbocycles. The van der Waals surface area contributed by atoms with E-state index in [4.69, 9.17) is 0 Å². The summed E-state index contributed by atoms with van der Waals surface area (Å²) in [5.74, 6) is 0.638. The van der Waals surface area contributed by atoms with Gasteiger partial charge in [-0.05, 0) is 43.3 Å². The molecule has 0 amide bonds. The zero-order valence-electron chi connectivity index (χ0n) is 14.0. The number of halogens is 2. The highest BCUT2D eigenvalue weighted by molar-refractivity contribution is 7.99. The van der Waals surface area contributed by atoms with Gasteiger partial charge in [-0.15, -0.1) is 0 Å². The zero-order valence-corrected chi connectivity index (χ0v) is 14.8. The second-order valence-electron chi connectivity index (χ2n) is 5.67. The van der Waals surface area contributed by atoms with Crippen molar-refractivity contribution in [1.29, 1.82) is 0 Å². The van der Waals surface area contributed by atoms with Crippen molar-refractivity contribution in [2.75, 3.05) is 5.75 Å². The van der Waals surface area contributed by atoms with E-state index < -0.39 is 6.61 Å². The minimum Gasteiger partial charge on any atom is -0.435 e. The molecule has 0 bridgehead atoms. The van der Waals surface area contributed by atoms with Crippen LogP contribution in [0.4, 0.5) is 8.78 Å². The molecule has 1 aromatic heterocycles. The Morgan fingerprint density at radius 2 is 1.92 bits per heavy atom. The molecule has 134 valence electrons. The van der Waals surface area contributed by atoms with Crippen LogP contribution in [0.1, 0.15) is 6.92 Å². The average molecular weight is 374 g/mol. The monoisotopic (exact) mass is 374 g/mol. The van der Waals surface area contributed by atoms with Crippen molar-refractivity contribution >= 4 is 22.7 Å². The average Bonchev–Trinajstić information content (AvgIpc) is 2.60. The summed E-state index contributed by atoms with van der Waals surface area (Å²) in [6.07, 6.45) is 0. The number of para-hydroxylation sites is 1. The first kappa shape index (κ1) is 18.1. The van der Waals surface area contributed by atoms with Crippen LogP contribution in [-0.2, 0) is 0 Å². The van der Waals surface area contributed by atoms with Crippen molar-refractivity contribution in [3.05, 3.63) is 71.0 Å². The molecule has 0 spiro atoms. The highest BCUT2D eigenvalue weighted by Crippen LogP contribution is 2.24. The van der Waals surface area contributed by atoms with Crippen LogP contribution >= 0.6 is 11.8 Å². The molecule has 0 unspecified atom stereocenters. The zero-order chi connectivity index (χ0) is 18.7. The Morgan fingerprint density at radius 3 is 2.58 bits per heavy atom. The molecule has 0 fully saturated rings. The fourth-order valence-corrected chi connectivity index (χ4v) is 3.26. The van der Waals surface area contributed by atoms with Crippen molar-refractivity contribution in [3.63, 3.8) is 0 Å². The maximum absolute atomic E-state index is 13.0. The summed E-state index contributed by atoms with van der Waals surface area (Å²) >= 11 is 1.39. The number of nitrogens with zero attached hydrogens (tertiary/aromatic N) is 2. The summed E-state index contributed by atoms with van der Waals surface area (Å²) in [4.78, 5) is 17.6. The van der Waals surface area contributed by atoms with Crippen LogP contribution < -0.4 is 10.3 Å². The van der Waals surface area contributed by atoms with Crippen molar-refractivity contribution in [3.8, 4) is 11.4 Å². The van der Waals surface area contributed by atoms with E-state index >= 15 is 0 Å². The molecule has 0 aliphatic carbocycles. The lowest BCUT2D eigenvalue weighted by Gasteiger charge is -2.14. The Kier molecular flexibility index (Phi) is 5.37. The van der Waals surface area contributed by atoms with E-state index in [0.29, 0.717) is 27.5 Å². The van der Waals surface area contributed by atoms with Crippen LogP contribution in [0.3, 0.4) is 0 Å². The van der Waals surface area contributed by atoms with Gasteiger partial charge in [0.2, 0.25) is 0 Å². The first-order valence-electron chi connectivity index (χ1n) is 7.80. The third kappa shape index (κ3) is 3.94. The molecule has 4 nitrogen and oxygen atoms in total. The van der Waals surface area contributed by atoms with Crippen LogP contribution in [0.15, 0.2) is 70.6 Å². The Hall–Kier alpha value is -2.67. The Bertz CT molecular complexity index is 1000. The molecule has 0 N–H and O–H groups in total. The number of hydrogen-bond acceptors (Lipinski definition) is 4. The summed E-state index contributed by atoms with van der Waals surface area (Å²) in [5, 5.41) is 0.999. The van der Waals surface area contributed by atoms with E-state index in [-0.39, 0.29) is 11.3 Å². The fraction of sp³-hybridized carbons (Fsp3) is 0.158. The van der Waals surface area contributed by atoms with Gasteiger partial charge in [-0.2, -0.15) is 8.78 Å². The summed E-state index contributed by atoms with van der Waals surface area (Å²) < 4.78 is 30.5. The van der Waals surface area contributed by atoms with Gasteiger partial charge in [-0.1, -0.05) is 36.0 Å². The predicted molar refractivity (Wildman–Crippen MR) is 99.5 cm³/mol. The van der Waals surface area contributed by atoms with Gasteiger partial charge in [0.1, 0.15) is 5.75 Å². The lowest BCUT2D eigenvalue weighted by Crippen LogP contribution is -2.21. The number of aromatic nitrogens is 2. The van der Waals surface area contributed by atoms with Gasteiger partial charge < -0.3 is 4.74 Å². The minimum absolute atomic E-state index is 0.0293. The molecule has 7 heteroatoms. The number of thioether (sulfide) groups is 1. The Balaban J connectivity index is 2.12. The quantitative estimate of drug-likeness (QED) is 0.358. The summed E-state index contributed by atoms with van der Waals surface area (Å²) in [6.45, 7) is 2.87. The maximum Gasteiger partial charge on any atom is 0.387 e. The molecule has 0 radical (unpaired) electrons. The standard InChI is InChI=1S/C19H16F2N2O2S/c1-12(2)11-26-19-22-16-6-4-3-5-15(16)17(24)23(19)13-7-9-14(10-8-13)25-18(20)21/h3-10,18H,1,11H2,2H3. The molecule has 3 aromatic rings. The lowest BCUT2D eigenvalue weighted by molar-refractivity contribution is -0.0498. The molecular weight excluding hydrogens is 358 g/mol. The van der Waals surface area contributed by atoms with Crippen molar-refractivity contribution in [2.24, 2.45) is 0 Å². The Morgan fingerprint density at radius 1 is 1.23 bits per heavy atom. The van der Waals surface area contributed by atoms with Gasteiger partial charge in [0.25, 0.3) is 5.56 Å². The molecule has 0 aliphatic rings. The first-order valence-corrected chi connectivity index (χ1v) is 8.78. The Labute approximate surface area is 153 Å². The van der Waals surface area contributed by atoms with Gasteiger partial charge in [0.15, 0.2) is 5.16 Å². The molecule has 0 saturated carbocycles. The number of ether oxygens (including phenoxy) is 1. The summed E-state index contributed by atoms with van der Waals surface area (Å²) in [6, 6.07) is 13.0. The number of fused-ring (bicyclic) bond motifs is 1. The van der Waals surface area contributed by atoms with Crippen LogP contribution in [0.5, 0.6) is 5.75 Å². The molecule has 26 heavy (non-hydrogen) atoms. The highest BCUT2D eigenvalue weighted by Gasteiger charge is 2.14. The van der Waals surface area contributed by atoms with Gasteiger partial charge in [0, 0.05) is 5.75 Å². The molecule has 0 aliphatic heterocycles. The summed E-state index contributed by atoms with van der Waals surface area (Å²) in [7, 11) is 0. The van der Waals surface area contributed by atoms with E-state index in [0.717, 1.165) is 5.57 Å². The molecule has 1 heterocycles. The second-order valence-corrected chi connectivity index (χ2v) is 6.61. The van der Waals surface area contributed by atoms with Gasteiger partial charge in [-0.25, -0.2) is 4.98 Å². The van der Waals surface area contributed by atoms with Gasteiger partial charge in [0.05, 0.1) is 16.6 Å². The molecule has 0 saturated heterocycles. The van der Waals surface area contributed by atoms with E-state index in [1.165, 1.54) is 28.5 Å². The van der Waals surface area contributed by atoms with E-state index in [1.54, 1.807) is 30.3 Å². The normalized spacial score (nSPS) is 11.1. The van der Waals surface area contributed by atoms with E-state index in [1.807, 2.05) is 13.0 Å². The predicted octanol–water partition coefficient (Wildman–Crippen LogP) is 4.66. The minimum atomic E-state index is -2.90. The first-order chi connectivity index (χ1) is 12.5. The number of alkyl halides is 2. The van der Waals surface area contributed by atoms with Gasteiger partial charge in [-0.3, -0.25) is 9.36 Å². The van der Waals surface area contributed by atoms with Crippen LogP contribution in [0.2, 0.25) is 0 Å². The smallest absolute Gasteiger partial charge is 0.387 e. The molecule has 3 rings (SSSR count). The SMILES string of the molecule is C=C(C)CSc1nc2ccccc2c(=O)n1-c1ccc(OC(F)F)cc1. The number of benzene rings is 2. The van der Waals surface area contributed by atoms with E-state index in [9.17, 15) is 13.6 Å². The number of rotatable bonds is 6. The molecular formula is C19H16F2N2O2S. The van der Waals surface area contributed by atoms with Crippen LogP contribution in [0.25, 0.3) is 16.6 Å². The van der Waals surface area contributed by atoms with Gasteiger partial charge >= 0.3 is 6.61 Å². The van der Waals surface area contributed by atoms with Crippen molar-refractivity contribution < 1.29 is 13.5 Å². The third-order valence-electron chi connectivity index (χ3n) is 3.51. The highest BCUT2D eigenvalue weighted by atomic mass is 32.2. The largest absolute Gasteiger partial charge is 0.435 e. The van der Waals surface area contributed by atoms with Crippen LogP contribution in [-0.4, -0.2) is 21.9 Å². The lowest BCUT2D eigenvalue weighted by atomic mass is 10.2. The number of hydrogen-bond donors (Lipinski definition) is 0. The third-order valence-corrected chi connectivity index (χ3v) is 4.68. The topological polar surface area (TPSA) is 44.1 Å². The fourth-order valence-electron chi connectivity index (χ4n) is 2.40. The maximum atomic E-state index is 13.0. The van der Waals surface area contributed by atoms with Crippen LogP contribution in [0, 0.1) is 0 Å². The van der Waals surface area contributed by atoms with Crippen molar-refractivity contribution in [2.45, 2.75) is 18.7 Å². The van der Waals surface area contributed by atoms with E-state index in [2.05, 4.69) is 16.3 Å². The molecule has 0 atom stereocenters. The summed E-state index contributed by atoms with van der Waals surface area (Å²) in [5.41, 5.74) is 1.86. The van der Waals surface area contributed by atoms with Crippen molar-refractivity contribution in [1.82, 2.24) is 9.55 Å². The second kappa shape index (κ2) is 7.70.